The van der Waals surface area contributed by atoms with E-state index in [-0.39, 0.29) is 0 Å². The van der Waals surface area contributed by atoms with Crippen LogP contribution in [0.15, 0.2) is 33.7 Å². The van der Waals surface area contributed by atoms with Crippen molar-refractivity contribution in [1.29, 1.82) is 0 Å². The number of hydrogen-bond acceptors (Lipinski definition) is 6. The number of aromatic nitrogens is 1. The van der Waals surface area contributed by atoms with Gasteiger partial charge in [-0.2, -0.15) is 4.98 Å². The quantitative estimate of drug-likeness (QED) is 0.855. The lowest BCUT2D eigenvalue weighted by Gasteiger charge is -2.26. The summed E-state index contributed by atoms with van der Waals surface area (Å²) >= 11 is 0. The summed E-state index contributed by atoms with van der Waals surface area (Å²) < 4.78 is 5.60. The first kappa shape index (κ1) is 10.8. The lowest BCUT2D eigenvalue weighted by molar-refractivity contribution is 0.255. The standard InChI is InChI=1S/C13H15N5O/c1-2-4-11-10(3-1)16-13(19-11)17-12-14-7-18(8-15-12)9-5-6-9/h1-4,9H,5-8H2,(H2,14,15,16,17). The number of benzene rings is 1. The number of para-hydroxylation sites is 2. The van der Waals surface area contributed by atoms with E-state index in [4.69, 9.17) is 4.42 Å². The number of nitrogens with zero attached hydrogens (tertiary/aromatic N) is 3. The Morgan fingerprint density at radius 2 is 2.21 bits per heavy atom. The minimum absolute atomic E-state index is 0.479. The lowest BCUT2D eigenvalue weighted by atomic mass is 10.3. The van der Waals surface area contributed by atoms with Crippen LogP contribution in [0.3, 0.4) is 0 Å². The molecule has 1 aliphatic carbocycles. The molecule has 0 amide bonds. The highest BCUT2D eigenvalue weighted by Gasteiger charge is 2.30. The number of guanidine groups is 1. The summed E-state index contributed by atoms with van der Waals surface area (Å²) in [5.41, 5.74) is 1.63. The molecule has 2 N–H and O–H groups in total. The Morgan fingerprint density at radius 1 is 1.32 bits per heavy atom. The zero-order valence-corrected chi connectivity index (χ0v) is 10.5. The maximum atomic E-state index is 5.60. The molecule has 0 bridgehead atoms. The van der Waals surface area contributed by atoms with Crippen LogP contribution in [-0.4, -0.2) is 35.2 Å². The van der Waals surface area contributed by atoms with Gasteiger partial charge in [0, 0.05) is 6.04 Å². The van der Waals surface area contributed by atoms with E-state index >= 15 is 0 Å². The van der Waals surface area contributed by atoms with Crippen LogP contribution in [0.2, 0.25) is 0 Å². The van der Waals surface area contributed by atoms with Gasteiger partial charge in [-0.3, -0.25) is 10.2 Å². The molecule has 1 aliphatic heterocycles. The molecule has 1 saturated carbocycles. The van der Waals surface area contributed by atoms with Crippen molar-refractivity contribution >= 4 is 23.1 Å². The minimum Gasteiger partial charge on any atom is -0.423 e. The predicted molar refractivity (Wildman–Crippen MR) is 72.8 cm³/mol. The van der Waals surface area contributed by atoms with E-state index in [0.717, 1.165) is 36.4 Å². The molecule has 0 saturated heterocycles. The van der Waals surface area contributed by atoms with Crippen LogP contribution in [0.25, 0.3) is 11.1 Å². The van der Waals surface area contributed by atoms with E-state index in [1.807, 2.05) is 24.3 Å². The third kappa shape index (κ3) is 2.15. The molecule has 1 fully saturated rings. The fourth-order valence-corrected chi connectivity index (χ4v) is 2.24. The number of rotatable bonds is 2. The van der Waals surface area contributed by atoms with Gasteiger partial charge < -0.3 is 9.73 Å². The molecule has 2 aromatic rings. The summed E-state index contributed by atoms with van der Waals surface area (Å²) in [7, 11) is 0. The van der Waals surface area contributed by atoms with Crippen molar-refractivity contribution < 1.29 is 4.42 Å². The molecule has 2 heterocycles. The monoisotopic (exact) mass is 257 g/mol. The maximum absolute atomic E-state index is 5.60. The fourth-order valence-electron chi connectivity index (χ4n) is 2.24. The van der Waals surface area contributed by atoms with E-state index < -0.39 is 0 Å². The third-order valence-corrected chi connectivity index (χ3v) is 3.44. The number of anilines is 1. The number of fused-ring (bicyclic) bond motifs is 1. The van der Waals surface area contributed by atoms with Crippen molar-refractivity contribution in [3.63, 3.8) is 0 Å². The van der Waals surface area contributed by atoms with Crippen molar-refractivity contribution in [2.75, 3.05) is 18.7 Å². The predicted octanol–water partition coefficient (Wildman–Crippen LogP) is 1.58. The molecule has 0 radical (unpaired) electrons. The van der Waals surface area contributed by atoms with Gasteiger partial charge >= 0.3 is 6.01 Å². The van der Waals surface area contributed by atoms with Crippen LogP contribution in [-0.2, 0) is 0 Å². The Hall–Kier alpha value is -2.08. The molecule has 2 aliphatic rings. The Balaban J connectivity index is 1.48. The van der Waals surface area contributed by atoms with E-state index in [2.05, 4.69) is 25.5 Å². The third-order valence-electron chi connectivity index (χ3n) is 3.44. The summed E-state index contributed by atoms with van der Waals surface area (Å²) in [6.45, 7) is 1.57. The first-order valence-corrected chi connectivity index (χ1v) is 6.53. The topological polar surface area (TPSA) is 65.7 Å². The molecular formula is C13H15N5O. The van der Waals surface area contributed by atoms with Crippen molar-refractivity contribution in [3.8, 4) is 0 Å². The molecule has 6 nitrogen and oxygen atoms in total. The normalized spacial score (nSPS) is 20.1. The van der Waals surface area contributed by atoms with E-state index in [1.165, 1.54) is 12.8 Å². The second-order valence-corrected chi connectivity index (χ2v) is 4.91. The zero-order valence-electron chi connectivity index (χ0n) is 10.5. The van der Waals surface area contributed by atoms with E-state index in [0.29, 0.717) is 6.01 Å². The van der Waals surface area contributed by atoms with Crippen molar-refractivity contribution in [1.82, 2.24) is 15.2 Å². The van der Waals surface area contributed by atoms with Crippen molar-refractivity contribution in [3.05, 3.63) is 24.3 Å². The van der Waals surface area contributed by atoms with Crippen LogP contribution < -0.4 is 10.6 Å². The molecule has 1 aromatic carbocycles. The van der Waals surface area contributed by atoms with Gasteiger partial charge in [0.2, 0.25) is 5.96 Å². The van der Waals surface area contributed by atoms with Crippen LogP contribution in [0.1, 0.15) is 12.8 Å². The van der Waals surface area contributed by atoms with Crippen LogP contribution in [0, 0.1) is 0 Å². The Kier molecular flexibility index (Phi) is 2.41. The highest BCUT2D eigenvalue weighted by atomic mass is 16.4. The molecule has 19 heavy (non-hydrogen) atoms. The zero-order chi connectivity index (χ0) is 12.7. The molecule has 0 spiro atoms. The summed E-state index contributed by atoms with van der Waals surface area (Å²) in [4.78, 5) is 11.1. The summed E-state index contributed by atoms with van der Waals surface area (Å²) in [5, 5.41) is 6.33. The number of nitrogens with one attached hydrogen (secondary N) is 2. The van der Waals surface area contributed by atoms with Gasteiger partial charge in [0.25, 0.3) is 0 Å². The average molecular weight is 257 g/mol. The Labute approximate surface area is 110 Å². The Bertz CT molecular complexity index is 598. The van der Waals surface area contributed by atoms with Gasteiger partial charge in [-0.15, -0.1) is 0 Å². The molecule has 4 rings (SSSR count). The molecule has 1 aromatic heterocycles. The smallest absolute Gasteiger partial charge is 0.302 e. The lowest BCUT2D eigenvalue weighted by Crippen LogP contribution is -2.46. The van der Waals surface area contributed by atoms with E-state index in [9.17, 15) is 0 Å². The summed E-state index contributed by atoms with van der Waals surface area (Å²) in [5.74, 6) is 0.725. The highest BCUT2D eigenvalue weighted by Crippen LogP contribution is 2.26. The molecule has 98 valence electrons. The fraction of sp³-hybridized carbons (Fsp3) is 0.385. The Morgan fingerprint density at radius 3 is 2.95 bits per heavy atom. The second-order valence-electron chi connectivity index (χ2n) is 4.91. The molecule has 6 heteroatoms. The minimum atomic E-state index is 0.479. The summed E-state index contributed by atoms with van der Waals surface area (Å²) in [6, 6.07) is 8.90. The first-order valence-electron chi connectivity index (χ1n) is 6.53. The number of oxazole rings is 1. The van der Waals surface area contributed by atoms with Crippen LogP contribution >= 0.6 is 0 Å². The second kappa shape index (κ2) is 4.24. The summed E-state index contributed by atoms with van der Waals surface area (Å²) in [6.07, 6.45) is 2.59. The van der Waals surface area contributed by atoms with Gasteiger partial charge in [0.15, 0.2) is 5.58 Å². The van der Waals surface area contributed by atoms with Gasteiger partial charge in [0.05, 0.1) is 13.3 Å². The van der Waals surface area contributed by atoms with Gasteiger partial charge in [-0.1, -0.05) is 12.1 Å². The van der Waals surface area contributed by atoms with Gasteiger partial charge in [-0.05, 0) is 25.0 Å². The maximum Gasteiger partial charge on any atom is 0.302 e. The van der Waals surface area contributed by atoms with Gasteiger partial charge in [-0.25, -0.2) is 4.99 Å². The number of hydrogen-bond donors (Lipinski definition) is 2. The van der Waals surface area contributed by atoms with Crippen molar-refractivity contribution in [2.45, 2.75) is 18.9 Å². The molecular weight excluding hydrogens is 242 g/mol. The van der Waals surface area contributed by atoms with E-state index in [1.54, 1.807) is 0 Å². The number of aliphatic imine (C=N–C) groups is 1. The first-order chi connectivity index (χ1) is 9.38. The van der Waals surface area contributed by atoms with Crippen molar-refractivity contribution in [2.24, 2.45) is 4.99 Å². The average Bonchev–Trinajstić information content (AvgIpc) is 3.20. The van der Waals surface area contributed by atoms with Gasteiger partial charge in [0.1, 0.15) is 5.52 Å². The highest BCUT2D eigenvalue weighted by molar-refractivity contribution is 5.93. The largest absolute Gasteiger partial charge is 0.423 e. The SMILES string of the molecule is c1ccc2oc(NC3=NCN(C4CC4)CN3)nc2c1. The molecule has 0 atom stereocenters. The van der Waals surface area contributed by atoms with Crippen LogP contribution in [0.4, 0.5) is 6.01 Å². The van der Waals surface area contributed by atoms with Crippen LogP contribution in [0.5, 0.6) is 0 Å². The molecule has 0 unspecified atom stereocenters.